The molecule has 29 heavy (non-hydrogen) atoms. The lowest BCUT2D eigenvalue weighted by Gasteiger charge is -2.32. The number of nitrogens with one attached hydrogen (secondary N) is 2. The minimum atomic E-state index is -0.103. The van der Waals surface area contributed by atoms with Gasteiger partial charge in [0.2, 0.25) is 5.91 Å². The van der Waals surface area contributed by atoms with Crippen LogP contribution in [0.1, 0.15) is 38.7 Å². The first-order valence-electron chi connectivity index (χ1n) is 9.71. The molecule has 154 valence electrons. The van der Waals surface area contributed by atoms with Crippen molar-refractivity contribution in [1.82, 2.24) is 20.1 Å². The third kappa shape index (κ3) is 4.97. The van der Waals surface area contributed by atoms with Crippen molar-refractivity contribution < 1.29 is 4.79 Å². The zero-order chi connectivity index (χ0) is 20.9. The van der Waals surface area contributed by atoms with E-state index in [1.165, 1.54) is 5.56 Å². The number of aromatic amines is 1. The highest BCUT2D eigenvalue weighted by atomic mass is 35.5. The standard InChI is InChI=1S/C21H25ClN4OS2/c1-3-21(4-2,15-7-9-16(22)10-8-15)14-23-18(27)11-12-26-19(24-25-20(26)28)17-6-5-13-29-17/h5-10,13H,3-4,11-12,14H2,1-2H3,(H,23,27)(H,25,28). The van der Waals surface area contributed by atoms with E-state index in [0.717, 1.165) is 28.6 Å². The molecule has 0 aliphatic heterocycles. The number of benzene rings is 1. The van der Waals surface area contributed by atoms with Crippen molar-refractivity contribution in [3.05, 3.63) is 57.1 Å². The molecule has 0 aliphatic rings. The van der Waals surface area contributed by atoms with Gasteiger partial charge in [0, 0.05) is 29.9 Å². The first-order valence-corrected chi connectivity index (χ1v) is 11.4. The largest absolute Gasteiger partial charge is 0.355 e. The Hall–Kier alpha value is -1.96. The summed E-state index contributed by atoms with van der Waals surface area (Å²) in [7, 11) is 0. The highest BCUT2D eigenvalue weighted by Crippen LogP contribution is 2.32. The van der Waals surface area contributed by atoms with E-state index in [1.54, 1.807) is 11.3 Å². The molecule has 2 N–H and O–H groups in total. The van der Waals surface area contributed by atoms with Crippen LogP contribution in [0.25, 0.3) is 10.7 Å². The number of hydrogen-bond donors (Lipinski definition) is 2. The van der Waals surface area contributed by atoms with Crippen molar-refractivity contribution in [2.75, 3.05) is 6.54 Å². The van der Waals surface area contributed by atoms with E-state index in [9.17, 15) is 4.79 Å². The van der Waals surface area contributed by atoms with Crippen LogP contribution >= 0.6 is 35.2 Å². The van der Waals surface area contributed by atoms with Crippen LogP contribution in [0, 0.1) is 4.77 Å². The number of hydrogen-bond acceptors (Lipinski definition) is 4. The maximum absolute atomic E-state index is 12.6. The van der Waals surface area contributed by atoms with Crippen LogP contribution < -0.4 is 5.32 Å². The molecule has 3 rings (SSSR count). The molecule has 1 amide bonds. The van der Waals surface area contributed by atoms with E-state index in [4.69, 9.17) is 23.8 Å². The average molecular weight is 449 g/mol. The summed E-state index contributed by atoms with van der Waals surface area (Å²) in [4.78, 5) is 13.6. The molecule has 0 aliphatic carbocycles. The Kier molecular flexibility index (Phi) is 7.27. The van der Waals surface area contributed by atoms with E-state index >= 15 is 0 Å². The van der Waals surface area contributed by atoms with Crippen LogP contribution in [0.2, 0.25) is 5.02 Å². The van der Waals surface area contributed by atoms with Crippen molar-refractivity contribution in [2.45, 2.75) is 45.1 Å². The summed E-state index contributed by atoms with van der Waals surface area (Å²) in [5, 5.41) is 13.0. The SMILES string of the molecule is CCC(CC)(CNC(=O)CCn1c(-c2cccs2)n[nH]c1=S)c1ccc(Cl)cc1. The Labute approximate surface area is 185 Å². The molecule has 0 radical (unpaired) electrons. The molecule has 5 nitrogen and oxygen atoms in total. The second kappa shape index (κ2) is 9.69. The lowest BCUT2D eigenvalue weighted by molar-refractivity contribution is -0.121. The van der Waals surface area contributed by atoms with E-state index < -0.39 is 0 Å². The molecule has 0 spiro atoms. The number of nitrogens with zero attached hydrogens (tertiary/aromatic N) is 2. The van der Waals surface area contributed by atoms with Gasteiger partial charge >= 0.3 is 0 Å². The van der Waals surface area contributed by atoms with Gasteiger partial charge in [0.15, 0.2) is 10.6 Å². The Morgan fingerprint density at radius 1 is 1.28 bits per heavy atom. The van der Waals surface area contributed by atoms with Crippen LogP contribution in [0.5, 0.6) is 0 Å². The van der Waals surface area contributed by atoms with Crippen molar-refractivity contribution in [3.63, 3.8) is 0 Å². The highest BCUT2D eigenvalue weighted by Gasteiger charge is 2.29. The van der Waals surface area contributed by atoms with Gasteiger partial charge in [-0.05, 0) is 54.2 Å². The second-order valence-electron chi connectivity index (χ2n) is 7.00. The van der Waals surface area contributed by atoms with E-state index in [-0.39, 0.29) is 11.3 Å². The molecule has 0 saturated carbocycles. The van der Waals surface area contributed by atoms with E-state index in [2.05, 4.69) is 41.5 Å². The van der Waals surface area contributed by atoms with Gasteiger partial charge in [-0.15, -0.1) is 11.3 Å². The summed E-state index contributed by atoms with van der Waals surface area (Å²) in [6, 6.07) is 11.9. The summed E-state index contributed by atoms with van der Waals surface area (Å²) in [5.41, 5.74) is 1.10. The maximum atomic E-state index is 12.6. The Morgan fingerprint density at radius 2 is 2.00 bits per heavy atom. The van der Waals surface area contributed by atoms with Gasteiger partial charge in [-0.1, -0.05) is 43.6 Å². The number of thiophene rings is 1. The summed E-state index contributed by atoms with van der Waals surface area (Å²) in [5.74, 6) is 0.779. The molecule has 0 fully saturated rings. The fraction of sp³-hybridized carbons (Fsp3) is 0.381. The van der Waals surface area contributed by atoms with Gasteiger partial charge in [-0.2, -0.15) is 5.10 Å². The molecule has 8 heteroatoms. The zero-order valence-corrected chi connectivity index (χ0v) is 19.0. The van der Waals surface area contributed by atoms with Gasteiger partial charge in [0.05, 0.1) is 4.88 Å². The molecule has 2 heterocycles. The monoisotopic (exact) mass is 448 g/mol. The number of aromatic nitrogens is 3. The van der Waals surface area contributed by atoms with Crippen molar-refractivity contribution in [3.8, 4) is 10.7 Å². The smallest absolute Gasteiger partial charge is 0.221 e. The minimum Gasteiger partial charge on any atom is -0.355 e. The van der Waals surface area contributed by atoms with Crippen LogP contribution in [0.15, 0.2) is 41.8 Å². The number of H-pyrrole nitrogens is 1. The van der Waals surface area contributed by atoms with E-state index in [1.807, 2.05) is 34.2 Å². The molecule has 0 saturated heterocycles. The topological polar surface area (TPSA) is 62.7 Å². The predicted octanol–water partition coefficient (Wildman–Crippen LogP) is 5.59. The summed E-state index contributed by atoms with van der Waals surface area (Å²) >= 11 is 13.0. The fourth-order valence-corrected chi connectivity index (χ4v) is 4.57. The summed E-state index contributed by atoms with van der Waals surface area (Å²) in [6.45, 7) is 5.39. The third-order valence-corrected chi connectivity index (χ3v) is 6.93. The first kappa shape index (κ1) is 21.7. The normalized spacial score (nSPS) is 11.6. The third-order valence-electron chi connectivity index (χ3n) is 5.50. The Balaban J connectivity index is 1.64. The molecule has 3 aromatic rings. The van der Waals surface area contributed by atoms with Gasteiger partial charge in [-0.25, -0.2) is 0 Å². The number of amides is 1. The quantitative estimate of drug-likeness (QED) is 0.419. The first-order chi connectivity index (χ1) is 14.0. The van der Waals surface area contributed by atoms with Crippen LogP contribution in [-0.4, -0.2) is 27.2 Å². The second-order valence-corrected chi connectivity index (χ2v) is 8.77. The van der Waals surface area contributed by atoms with Crippen molar-refractivity contribution in [2.24, 2.45) is 0 Å². The van der Waals surface area contributed by atoms with Gasteiger partial charge in [-0.3, -0.25) is 14.5 Å². The van der Waals surface area contributed by atoms with Gasteiger partial charge in [0.1, 0.15) is 0 Å². The Morgan fingerprint density at radius 3 is 2.62 bits per heavy atom. The molecule has 0 atom stereocenters. The molecule has 1 aromatic carbocycles. The average Bonchev–Trinajstić information content (AvgIpc) is 3.38. The molecular weight excluding hydrogens is 424 g/mol. The predicted molar refractivity (Wildman–Crippen MR) is 122 cm³/mol. The zero-order valence-electron chi connectivity index (χ0n) is 16.6. The van der Waals surface area contributed by atoms with Crippen molar-refractivity contribution >= 4 is 41.1 Å². The molecule has 0 unspecified atom stereocenters. The number of carbonyl (C=O) groups excluding carboxylic acids is 1. The van der Waals surface area contributed by atoms with Crippen molar-refractivity contribution in [1.29, 1.82) is 0 Å². The van der Waals surface area contributed by atoms with E-state index in [0.29, 0.717) is 24.3 Å². The summed E-state index contributed by atoms with van der Waals surface area (Å²) in [6.07, 6.45) is 2.21. The number of carbonyl (C=O) groups is 1. The fourth-order valence-electron chi connectivity index (χ4n) is 3.50. The molecule has 2 aromatic heterocycles. The minimum absolute atomic E-state index is 0.00506. The lowest BCUT2D eigenvalue weighted by atomic mass is 9.76. The summed E-state index contributed by atoms with van der Waals surface area (Å²) < 4.78 is 2.41. The van der Waals surface area contributed by atoms with Gasteiger partial charge < -0.3 is 5.32 Å². The van der Waals surface area contributed by atoms with Crippen LogP contribution in [0.4, 0.5) is 0 Å². The number of halogens is 1. The Bertz CT molecular complexity index is 989. The van der Waals surface area contributed by atoms with Gasteiger partial charge in [0.25, 0.3) is 0 Å². The van der Waals surface area contributed by atoms with Crippen LogP contribution in [-0.2, 0) is 16.8 Å². The highest BCUT2D eigenvalue weighted by molar-refractivity contribution is 7.71. The number of rotatable bonds is 9. The lowest BCUT2D eigenvalue weighted by Crippen LogP contribution is -2.40. The molecular formula is C21H25ClN4OS2. The molecule has 0 bridgehead atoms. The van der Waals surface area contributed by atoms with Crippen LogP contribution in [0.3, 0.4) is 0 Å². The maximum Gasteiger partial charge on any atom is 0.221 e.